The van der Waals surface area contributed by atoms with Crippen LogP contribution in [0.4, 0.5) is 0 Å². The summed E-state index contributed by atoms with van der Waals surface area (Å²) in [6, 6.07) is 8.29. The van der Waals surface area contributed by atoms with Crippen molar-refractivity contribution in [1.82, 2.24) is 4.90 Å². The van der Waals surface area contributed by atoms with Gasteiger partial charge in [0.05, 0.1) is 18.8 Å². The Balaban J connectivity index is 2.00. The average molecular weight is 328 g/mol. The molecular weight excluding hydrogens is 306 g/mol. The summed E-state index contributed by atoms with van der Waals surface area (Å²) in [6.45, 7) is 7.20. The van der Waals surface area contributed by atoms with Crippen molar-refractivity contribution in [2.24, 2.45) is 0 Å². The lowest BCUT2D eigenvalue weighted by molar-refractivity contribution is -0.128. The molecule has 19 heavy (non-hydrogen) atoms. The molecule has 1 aromatic rings. The molecule has 0 radical (unpaired) electrons. The Morgan fingerprint density at radius 1 is 1.37 bits per heavy atom. The first-order chi connectivity index (χ1) is 9.02. The minimum Gasteiger partial charge on any atom is -0.497 e. The number of morpholine rings is 1. The molecule has 4 heteroatoms. The molecule has 2 rings (SSSR count). The Kier molecular flexibility index (Phi) is 4.87. The van der Waals surface area contributed by atoms with Gasteiger partial charge in [-0.05, 0) is 31.5 Å². The van der Waals surface area contributed by atoms with Crippen molar-refractivity contribution in [3.63, 3.8) is 0 Å². The van der Waals surface area contributed by atoms with Crippen LogP contribution in [-0.4, -0.2) is 42.1 Å². The maximum absolute atomic E-state index is 6.02. The van der Waals surface area contributed by atoms with E-state index in [9.17, 15) is 0 Å². The Morgan fingerprint density at radius 2 is 2.05 bits per heavy atom. The van der Waals surface area contributed by atoms with E-state index < -0.39 is 0 Å². The summed E-state index contributed by atoms with van der Waals surface area (Å²) < 4.78 is 11.2. The number of hydrogen-bond acceptors (Lipinski definition) is 3. The van der Waals surface area contributed by atoms with E-state index in [1.165, 1.54) is 5.56 Å². The maximum atomic E-state index is 6.02. The molecule has 0 N–H and O–H groups in total. The fourth-order valence-electron chi connectivity index (χ4n) is 2.61. The number of alkyl halides is 1. The molecule has 1 unspecified atom stereocenters. The monoisotopic (exact) mass is 327 g/mol. The molecule has 3 nitrogen and oxygen atoms in total. The summed E-state index contributed by atoms with van der Waals surface area (Å²) in [4.78, 5) is 2.46. The van der Waals surface area contributed by atoms with E-state index in [0.717, 1.165) is 30.7 Å². The lowest BCUT2D eigenvalue weighted by atomic mass is 10.0. The first-order valence-electron chi connectivity index (χ1n) is 6.61. The van der Waals surface area contributed by atoms with Gasteiger partial charge in [-0.15, -0.1) is 0 Å². The Morgan fingerprint density at radius 3 is 2.63 bits per heavy atom. The summed E-state index contributed by atoms with van der Waals surface area (Å²) in [6.07, 6.45) is 0.266. The van der Waals surface area contributed by atoms with E-state index in [1.807, 2.05) is 12.1 Å². The van der Waals surface area contributed by atoms with Crippen LogP contribution >= 0.6 is 15.9 Å². The number of halogens is 1. The van der Waals surface area contributed by atoms with Crippen LogP contribution in [0.1, 0.15) is 19.4 Å². The minimum absolute atomic E-state index is 0.0802. The second-order valence-electron chi connectivity index (χ2n) is 5.67. The van der Waals surface area contributed by atoms with Gasteiger partial charge in [-0.3, -0.25) is 4.90 Å². The topological polar surface area (TPSA) is 21.7 Å². The predicted octanol–water partition coefficient (Wildman–Crippen LogP) is 3.07. The Bertz CT molecular complexity index is 405. The van der Waals surface area contributed by atoms with Crippen molar-refractivity contribution in [3.05, 3.63) is 29.8 Å². The lowest BCUT2D eigenvalue weighted by Crippen LogP contribution is -2.52. The highest BCUT2D eigenvalue weighted by molar-refractivity contribution is 9.09. The molecule has 0 bridgehead atoms. The maximum Gasteiger partial charge on any atom is 0.118 e. The van der Waals surface area contributed by atoms with E-state index >= 15 is 0 Å². The predicted molar refractivity (Wildman–Crippen MR) is 81.0 cm³/mol. The van der Waals surface area contributed by atoms with E-state index in [0.29, 0.717) is 0 Å². The summed E-state index contributed by atoms with van der Waals surface area (Å²) in [5, 5.41) is 0.884. The smallest absolute Gasteiger partial charge is 0.118 e. The van der Waals surface area contributed by atoms with E-state index in [-0.39, 0.29) is 11.7 Å². The average Bonchev–Trinajstić information content (AvgIpc) is 2.37. The highest BCUT2D eigenvalue weighted by atomic mass is 79.9. The van der Waals surface area contributed by atoms with Crippen molar-refractivity contribution in [3.8, 4) is 5.75 Å². The molecule has 1 aliphatic heterocycles. The lowest BCUT2D eigenvalue weighted by Gasteiger charge is -2.42. The van der Waals surface area contributed by atoms with Gasteiger partial charge in [-0.2, -0.15) is 0 Å². The number of ether oxygens (including phenoxy) is 2. The number of rotatable bonds is 4. The van der Waals surface area contributed by atoms with E-state index in [4.69, 9.17) is 9.47 Å². The molecule has 106 valence electrons. The molecule has 1 aromatic carbocycles. The van der Waals surface area contributed by atoms with E-state index in [2.05, 4.69) is 46.8 Å². The van der Waals surface area contributed by atoms with Crippen LogP contribution in [0, 0.1) is 0 Å². The number of nitrogens with zero attached hydrogens (tertiary/aromatic N) is 1. The van der Waals surface area contributed by atoms with Crippen LogP contribution in [0.3, 0.4) is 0 Å². The van der Waals surface area contributed by atoms with Gasteiger partial charge in [0.2, 0.25) is 0 Å². The van der Waals surface area contributed by atoms with Gasteiger partial charge in [0.15, 0.2) is 0 Å². The highest BCUT2D eigenvalue weighted by Crippen LogP contribution is 2.24. The molecule has 1 aliphatic rings. The third-order valence-corrected chi connectivity index (χ3v) is 4.01. The van der Waals surface area contributed by atoms with Crippen LogP contribution in [-0.2, 0) is 11.3 Å². The molecule has 0 aliphatic carbocycles. The summed E-state index contributed by atoms with van der Waals surface area (Å²) in [5.41, 5.74) is 1.23. The van der Waals surface area contributed by atoms with Crippen LogP contribution in [0.15, 0.2) is 24.3 Å². The molecule has 0 spiro atoms. The molecule has 1 fully saturated rings. The van der Waals surface area contributed by atoms with Gasteiger partial charge in [-0.25, -0.2) is 0 Å². The van der Waals surface area contributed by atoms with Crippen LogP contribution in [0.5, 0.6) is 5.75 Å². The van der Waals surface area contributed by atoms with Crippen molar-refractivity contribution in [1.29, 1.82) is 0 Å². The van der Waals surface area contributed by atoms with Crippen LogP contribution in [0.25, 0.3) is 0 Å². The van der Waals surface area contributed by atoms with Crippen molar-refractivity contribution < 1.29 is 9.47 Å². The zero-order valence-electron chi connectivity index (χ0n) is 11.9. The molecule has 0 aromatic heterocycles. The summed E-state index contributed by atoms with van der Waals surface area (Å²) in [5.74, 6) is 0.907. The Hall–Kier alpha value is -0.580. The van der Waals surface area contributed by atoms with Crippen molar-refractivity contribution >= 4 is 15.9 Å². The fraction of sp³-hybridized carbons (Fsp3) is 0.600. The second kappa shape index (κ2) is 6.25. The third kappa shape index (κ3) is 4.20. The van der Waals surface area contributed by atoms with Crippen molar-refractivity contribution in [2.45, 2.75) is 32.1 Å². The van der Waals surface area contributed by atoms with Gasteiger partial charge in [0.1, 0.15) is 5.75 Å². The molecule has 0 amide bonds. The highest BCUT2D eigenvalue weighted by Gasteiger charge is 2.32. The van der Waals surface area contributed by atoms with Gasteiger partial charge in [0.25, 0.3) is 0 Å². The van der Waals surface area contributed by atoms with Crippen molar-refractivity contribution in [2.75, 3.05) is 25.5 Å². The van der Waals surface area contributed by atoms with Gasteiger partial charge in [0, 0.05) is 25.0 Å². The first-order valence-corrected chi connectivity index (χ1v) is 7.73. The molecule has 1 heterocycles. The van der Waals surface area contributed by atoms with Gasteiger partial charge in [-0.1, -0.05) is 28.1 Å². The zero-order valence-corrected chi connectivity index (χ0v) is 13.4. The molecule has 0 saturated carbocycles. The Labute approximate surface area is 124 Å². The standard InChI is InChI=1S/C15H22BrNO2/c1-15(2)11-17(10-14(8-16)19-15)9-12-4-6-13(18-3)7-5-12/h4-7,14H,8-11H2,1-3H3. The number of hydrogen-bond donors (Lipinski definition) is 0. The fourth-order valence-corrected chi connectivity index (χ4v) is 2.94. The summed E-state index contributed by atoms with van der Waals surface area (Å²) >= 11 is 3.53. The van der Waals surface area contributed by atoms with Gasteiger partial charge < -0.3 is 9.47 Å². The molecule has 1 saturated heterocycles. The third-order valence-electron chi connectivity index (χ3n) is 3.29. The quantitative estimate of drug-likeness (QED) is 0.793. The minimum atomic E-state index is -0.0802. The normalized spacial score (nSPS) is 23.3. The number of methoxy groups -OCH3 is 1. The van der Waals surface area contributed by atoms with E-state index in [1.54, 1.807) is 7.11 Å². The zero-order chi connectivity index (χ0) is 13.9. The molecule has 1 atom stereocenters. The van der Waals surface area contributed by atoms with Gasteiger partial charge >= 0.3 is 0 Å². The summed E-state index contributed by atoms with van der Waals surface area (Å²) in [7, 11) is 1.69. The van der Waals surface area contributed by atoms with Crippen LogP contribution in [0.2, 0.25) is 0 Å². The second-order valence-corrected chi connectivity index (χ2v) is 6.32. The first kappa shape index (κ1) is 14.8. The number of benzene rings is 1. The van der Waals surface area contributed by atoms with Crippen LogP contribution < -0.4 is 4.74 Å². The molecular formula is C15H22BrNO2. The SMILES string of the molecule is COc1ccc(CN2CC(CBr)OC(C)(C)C2)cc1. The largest absolute Gasteiger partial charge is 0.497 e.